The Bertz CT molecular complexity index is 640. The first-order valence-corrected chi connectivity index (χ1v) is 7.63. The predicted octanol–water partition coefficient (Wildman–Crippen LogP) is 4.08. The van der Waals surface area contributed by atoms with Gasteiger partial charge in [0.25, 0.3) is 5.91 Å². The Hall–Kier alpha value is -1.49. The number of hydrogen-bond donors (Lipinski definition) is 1. The molecule has 2 N–H and O–H groups in total. The molecular weight excluding hydrogens is 335 g/mol. The van der Waals surface area contributed by atoms with Gasteiger partial charge in [0.05, 0.1) is 6.54 Å². The van der Waals surface area contributed by atoms with Gasteiger partial charge in [0, 0.05) is 24.0 Å². The molecule has 2 aromatic rings. The minimum atomic E-state index is -0.145. The van der Waals surface area contributed by atoms with Crippen molar-refractivity contribution in [1.82, 2.24) is 4.90 Å². The summed E-state index contributed by atoms with van der Waals surface area (Å²) < 4.78 is 5.43. The average molecular weight is 357 g/mol. The Morgan fingerprint density at radius 3 is 2.35 bits per heavy atom. The number of halogens is 2. The number of carbonyl (C=O) groups is 1. The second-order valence-corrected chi connectivity index (χ2v) is 5.90. The Kier molecular flexibility index (Phi) is 7.13. The first-order valence-electron chi connectivity index (χ1n) is 7.25. The highest BCUT2D eigenvalue weighted by Crippen LogP contribution is 2.25. The molecule has 6 heteroatoms. The van der Waals surface area contributed by atoms with E-state index in [-0.39, 0.29) is 36.8 Å². The lowest BCUT2D eigenvalue weighted by Crippen LogP contribution is -2.38. The van der Waals surface area contributed by atoms with E-state index in [1.54, 1.807) is 24.1 Å². The summed E-state index contributed by atoms with van der Waals surface area (Å²) in [4.78, 5) is 14.2. The summed E-state index contributed by atoms with van der Waals surface area (Å²) in [6.45, 7) is 4.39. The first-order chi connectivity index (χ1) is 10.4. The largest absolute Gasteiger partial charge is 0.455 e. The quantitative estimate of drug-likeness (QED) is 0.877. The second-order valence-electron chi connectivity index (χ2n) is 5.47. The van der Waals surface area contributed by atoms with Gasteiger partial charge in [0.2, 0.25) is 0 Å². The van der Waals surface area contributed by atoms with E-state index in [9.17, 15) is 4.79 Å². The molecule has 0 bridgehead atoms. The molecule has 0 aliphatic rings. The fourth-order valence-electron chi connectivity index (χ4n) is 2.34. The summed E-state index contributed by atoms with van der Waals surface area (Å²) in [6, 6.07) is 11.1. The van der Waals surface area contributed by atoms with E-state index in [1.165, 1.54) is 0 Å². The Labute approximate surface area is 148 Å². The summed E-state index contributed by atoms with van der Waals surface area (Å²) >= 11 is 5.92. The van der Waals surface area contributed by atoms with Gasteiger partial charge in [-0.1, -0.05) is 30.7 Å². The molecule has 0 spiro atoms. The molecule has 0 aliphatic heterocycles. The lowest BCUT2D eigenvalue weighted by Gasteiger charge is -2.29. The van der Waals surface area contributed by atoms with Crippen LogP contribution in [0.5, 0.6) is 0 Å². The van der Waals surface area contributed by atoms with E-state index in [0.717, 1.165) is 5.56 Å². The maximum Gasteiger partial charge on any atom is 0.289 e. The molecule has 2 rings (SSSR count). The van der Waals surface area contributed by atoms with E-state index < -0.39 is 0 Å². The smallest absolute Gasteiger partial charge is 0.289 e. The number of hydrogen-bond acceptors (Lipinski definition) is 3. The van der Waals surface area contributed by atoms with E-state index in [1.807, 2.05) is 31.2 Å². The van der Waals surface area contributed by atoms with Crippen LogP contribution in [0.2, 0.25) is 5.02 Å². The van der Waals surface area contributed by atoms with Crippen LogP contribution < -0.4 is 5.73 Å². The molecule has 0 saturated carbocycles. The number of rotatable bonds is 5. The van der Waals surface area contributed by atoms with Crippen LogP contribution in [0.15, 0.2) is 40.8 Å². The van der Waals surface area contributed by atoms with E-state index in [0.29, 0.717) is 16.5 Å². The van der Waals surface area contributed by atoms with Crippen LogP contribution in [0.4, 0.5) is 0 Å². The second kappa shape index (κ2) is 8.39. The molecule has 0 radical (unpaired) electrons. The summed E-state index contributed by atoms with van der Waals surface area (Å²) in [6.07, 6.45) is 0. The molecular formula is C17H22Cl2N2O2. The van der Waals surface area contributed by atoms with Crippen molar-refractivity contribution in [3.05, 3.63) is 58.5 Å². The number of amides is 1. The molecule has 0 saturated heterocycles. The standard InChI is InChI=1S/C17H21ClN2O2.ClH/c1-11(13-4-6-14(18)7-5-13)12(2)20(3)17(21)16-9-8-15(10-19)22-16;/h4-9,11-12H,10,19H2,1-3H3;1H. The molecule has 0 fully saturated rings. The van der Waals surface area contributed by atoms with Crippen LogP contribution in [-0.2, 0) is 6.54 Å². The minimum Gasteiger partial charge on any atom is -0.455 e. The lowest BCUT2D eigenvalue weighted by molar-refractivity contribution is 0.0692. The van der Waals surface area contributed by atoms with Gasteiger partial charge >= 0.3 is 0 Å². The number of benzene rings is 1. The number of nitrogens with two attached hydrogens (primary N) is 1. The van der Waals surface area contributed by atoms with Gasteiger partial charge in [0.15, 0.2) is 5.76 Å². The van der Waals surface area contributed by atoms with E-state index in [4.69, 9.17) is 21.8 Å². The molecule has 1 heterocycles. The minimum absolute atomic E-state index is 0. The molecule has 1 aromatic carbocycles. The van der Waals surface area contributed by atoms with Crippen LogP contribution >= 0.6 is 24.0 Å². The maximum atomic E-state index is 12.5. The first kappa shape index (κ1) is 19.6. The average Bonchev–Trinajstić information content (AvgIpc) is 3.01. The fourth-order valence-corrected chi connectivity index (χ4v) is 2.47. The van der Waals surface area contributed by atoms with Gasteiger partial charge < -0.3 is 15.1 Å². The normalized spacial score (nSPS) is 13.1. The Morgan fingerprint density at radius 2 is 1.83 bits per heavy atom. The highest BCUT2D eigenvalue weighted by molar-refractivity contribution is 6.30. The third kappa shape index (κ3) is 4.50. The maximum absolute atomic E-state index is 12.5. The van der Waals surface area contributed by atoms with Gasteiger partial charge in [0.1, 0.15) is 5.76 Å². The van der Waals surface area contributed by atoms with Crippen LogP contribution in [0.1, 0.15) is 41.6 Å². The monoisotopic (exact) mass is 356 g/mol. The number of nitrogens with zero attached hydrogens (tertiary/aromatic N) is 1. The fraction of sp³-hybridized carbons (Fsp3) is 0.353. The molecule has 2 unspecified atom stereocenters. The zero-order valence-electron chi connectivity index (χ0n) is 13.5. The Balaban J connectivity index is 0.00000264. The molecule has 1 aromatic heterocycles. The highest BCUT2D eigenvalue weighted by atomic mass is 35.5. The van der Waals surface area contributed by atoms with Gasteiger partial charge in [-0.3, -0.25) is 4.79 Å². The van der Waals surface area contributed by atoms with Gasteiger partial charge in [-0.05, 0) is 36.8 Å². The van der Waals surface area contributed by atoms with Gasteiger partial charge in [-0.25, -0.2) is 0 Å². The predicted molar refractivity (Wildman–Crippen MR) is 95.3 cm³/mol. The Morgan fingerprint density at radius 1 is 1.22 bits per heavy atom. The third-order valence-corrected chi connectivity index (χ3v) is 4.38. The summed E-state index contributed by atoms with van der Waals surface area (Å²) in [5.41, 5.74) is 6.64. The van der Waals surface area contributed by atoms with Crippen LogP contribution in [-0.4, -0.2) is 23.9 Å². The van der Waals surface area contributed by atoms with Crippen molar-refractivity contribution < 1.29 is 9.21 Å². The molecule has 23 heavy (non-hydrogen) atoms. The molecule has 0 aliphatic carbocycles. The highest BCUT2D eigenvalue weighted by Gasteiger charge is 2.25. The summed E-state index contributed by atoms with van der Waals surface area (Å²) in [7, 11) is 1.78. The zero-order chi connectivity index (χ0) is 16.3. The molecule has 1 amide bonds. The molecule has 2 atom stereocenters. The topological polar surface area (TPSA) is 59.5 Å². The molecule has 126 valence electrons. The van der Waals surface area contributed by atoms with Crippen molar-refractivity contribution in [2.24, 2.45) is 5.73 Å². The number of likely N-dealkylation sites (N-methyl/N-ethyl adjacent to an activating group) is 1. The van der Waals surface area contributed by atoms with Crippen molar-refractivity contribution in [3.8, 4) is 0 Å². The van der Waals surface area contributed by atoms with Gasteiger partial charge in [-0.15, -0.1) is 12.4 Å². The van der Waals surface area contributed by atoms with Crippen molar-refractivity contribution in [1.29, 1.82) is 0 Å². The number of furan rings is 1. The SMILES string of the molecule is CC(c1ccc(Cl)cc1)C(C)N(C)C(=O)c1ccc(CN)o1.Cl. The van der Waals surface area contributed by atoms with Crippen LogP contribution in [0.3, 0.4) is 0 Å². The zero-order valence-corrected chi connectivity index (χ0v) is 15.0. The summed E-state index contributed by atoms with van der Waals surface area (Å²) in [5, 5.41) is 0.706. The summed E-state index contributed by atoms with van der Waals surface area (Å²) in [5.74, 6) is 0.955. The van der Waals surface area contributed by atoms with E-state index in [2.05, 4.69) is 6.92 Å². The third-order valence-electron chi connectivity index (χ3n) is 4.12. The molecule has 4 nitrogen and oxygen atoms in total. The van der Waals surface area contributed by atoms with Crippen LogP contribution in [0.25, 0.3) is 0 Å². The van der Waals surface area contributed by atoms with Gasteiger partial charge in [-0.2, -0.15) is 0 Å². The van der Waals surface area contributed by atoms with Crippen molar-refractivity contribution in [2.45, 2.75) is 32.4 Å². The van der Waals surface area contributed by atoms with Crippen molar-refractivity contribution in [3.63, 3.8) is 0 Å². The van der Waals surface area contributed by atoms with Crippen LogP contribution in [0, 0.1) is 0 Å². The van der Waals surface area contributed by atoms with E-state index >= 15 is 0 Å². The van der Waals surface area contributed by atoms with Crippen molar-refractivity contribution in [2.75, 3.05) is 7.05 Å². The van der Waals surface area contributed by atoms with Crippen molar-refractivity contribution >= 4 is 29.9 Å². The lowest BCUT2D eigenvalue weighted by atomic mass is 9.93. The number of carbonyl (C=O) groups excluding carboxylic acids is 1.